The molecule has 0 radical (unpaired) electrons. The van der Waals surface area contributed by atoms with E-state index in [0.717, 1.165) is 0 Å². The van der Waals surface area contributed by atoms with Crippen LogP contribution in [-0.4, -0.2) is 23.9 Å². The molecule has 1 unspecified atom stereocenters. The number of nitrogens with two attached hydrogens (primary N) is 1. The maximum atomic E-state index is 11.2. The number of thiol groups is 1. The first-order valence-electron chi connectivity index (χ1n) is 4.45. The number of rotatable bonds is 7. The fourth-order valence-electron chi connectivity index (χ4n) is 1.15. The van der Waals surface area contributed by atoms with Crippen LogP contribution in [0, 0.1) is 5.92 Å². The Morgan fingerprint density at radius 2 is 2.08 bits per heavy atom. The Bertz CT molecular complexity index is 182. The Labute approximate surface area is 84.5 Å². The highest BCUT2D eigenvalue weighted by atomic mass is 32.1. The van der Waals surface area contributed by atoms with Crippen molar-refractivity contribution in [2.45, 2.75) is 26.2 Å². The normalized spacial score (nSPS) is 12.5. The molecule has 0 rings (SSSR count). The molecule has 0 aromatic carbocycles. The average Bonchev–Trinajstić information content (AvgIpc) is 2.04. The standard InChI is InChI=1S/C9H17NO2S/c1-7(11)8(2-4-10)6-9(12)3-5-13/h8,13H,2-6,10H2,1H3. The zero-order valence-electron chi connectivity index (χ0n) is 7.95. The van der Waals surface area contributed by atoms with Crippen LogP contribution in [0.5, 0.6) is 0 Å². The molecule has 0 bridgehead atoms. The van der Waals surface area contributed by atoms with Crippen molar-refractivity contribution in [3.63, 3.8) is 0 Å². The molecule has 0 aliphatic heterocycles. The van der Waals surface area contributed by atoms with Crippen LogP contribution < -0.4 is 5.73 Å². The Balaban J connectivity index is 3.94. The highest BCUT2D eigenvalue weighted by Crippen LogP contribution is 2.11. The van der Waals surface area contributed by atoms with Crippen molar-refractivity contribution in [1.82, 2.24) is 0 Å². The third-order valence-corrected chi connectivity index (χ3v) is 2.18. The maximum absolute atomic E-state index is 11.2. The summed E-state index contributed by atoms with van der Waals surface area (Å²) in [5, 5.41) is 0. The third kappa shape index (κ3) is 5.82. The molecule has 0 saturated heterocycles. The molecule has 3 nitrogen and oxygen atoms in total. The second kappa shape index (κ2) is 7.09. The van der Waals surface area contributed by atoms with Crippen LogP contribution in [-0.2, 0) is 9.59 Å². The van der Waals surface area contributed by atoms with Crippen LogP contribution in [0.25, 0.3) is 0 Å². The molecule has 0 spiro atoms. The minimum atomic E-state index is -0.183. The van der Waals surface area contributed by atoms with E-state index in [-0.39, 0.29) is 17.5 Å². The Morgan fingerprint density at radius 3 is 2.46 bits per heavy atom. The SMILES string of the molecule is CC(=O)C(CCN)CC(=O)CCS. The molecule has 0 amide bonds. The summed E-state index contributed by atoms with van der Waals surface area (Å²) in [5.74, 6) is 0.519. The van der Waals surface area contributed by atoms with Crippen molar-refractivity contribution >= 4 is 24.2 Å². The number of Topliss-reactive ketones (excluding diaryl/α,β-unsaturated/α-hetero) is 2. The van der Waals surface area contributed by atoms with Gasteiger partial charge in [-0.25, -0.2) is 0 Å². The molecule has 0 heterocycles. The molecule has 1 atom stereocenters. The lowest BCUT2D eigenvalue weighted by atomic mass is 9.94. The van der Waals surface area contributed by atoms with E-state index in [2.05, 4.69) is 12.6 Å². The first-order valence-corrected chi connectivity index (χ1v) is 5.08. The van der Waals surface area contributed by atoms with Crippen LogP contribution in [0.3, 0.4) is 0 Å². The quantitative estimate of drug-likeness (QED) is 0.602. The topological polar surface area (TPSA) is 60.2 Å². The minimum absolute atomic E-state index is 0.0537. The molecule has 13 heavy (non-hydrogen) atoms. The number of ketones is 2. The van der Waals surface area contributed by atoms with Gasteiger partial charge in [-0.05, 0) is 25.6 Å². The first-order chi connectivity index (χ1) is 6.11. The fraction of sp³-hybridized carbons (Fsp3) is 0.778. The van der Waals surface area contributed by atoms with Crippen LogP contribution >= 0.6 is 12.6 Å². The van der Waals surface area contributed by atoms with Crippen molar-refractivity contribution in [1.29, 1.82) is 0 Å². The van der Waals surface area contributed by atoms with Gasteiger partial charge in [0.15, 0.2) is 0 Å². The molecule has 2 N–H and O–H groups in total. The van der Waals surface area contributed by atoms with Crippen LogP contribution in [0.4, 0.5) is 0 Å². The number of carbonyl (C=O) groups excluding carboxylic acids is 2. The molecule has 0 aromatic rings. The van der Waals surface area contributed by atoms with Gasteiger partial charge in [0.25, 0.3) is 0 Å². The minimum Gasteiger partial charge on any atom is -0.330 e. The molecule has 0 aromatic heterocycles. The van der Waals surface area contributed by atoms with E-state index in [1.807, 2.05) is 0 Å². The van der Waals surface area contributed by atoms with Gasteiger partial charge in [0.1, 0.15) is 11.6 Å². The Hall–Kier alpha value is -0.350. The lowest BCUT2D eigenvalue weighted by Gasteiger charge is -2.10. The predicted octanol–water partition coefficient (Wildman–Crippen LogP) is 0.820. The summed E-state index contributed by atoms with van der Waals surface area (Å²) in [4.78, 5) is 22.2. The number of hydrogen-bond acceptors (Lipinski definition) is 4. The molecular formula is C9H17NO2S. The van der Waals surface area contributed by atoms with E-state index in [1.54, 1.807) is 0 Å². The fourth-order valence-corrected chi connectivity index (χ4v) is 1.40. The van der Waals surface area contributed by atoms with E-state index in [1.165, 1.54) is 6.92 Å². The highest BCUT2D eigenvalue weighted by Gasteiger charge is 2.16. The third-order valence-electron chi connectivity index (χ3n) is 1.95. The van der Waals surface area contributed by atoms with Crippen LogP contribution in [0.2, 0.25) is 0 Å². The first kappa shape index (κ1) is 12.7. The largest absolute Gasteiger partial charge is 0.330 e. The molecule has 4 heteroatoms. The van der Waals surface area contributed by atoms with E-state index < -0.39 is 0 Å². The van der Waals surface area contributed by atoms with Gasteiger partial charge < -0.3 is 5.73 Å². The molecule has 0 saturated carbocycles. The van der Waals surface area contributed by atoms with E-state index in [4.69, 9.17) is 5.73 Å². The van der Waals surface area contributed by atoms with E-state index in [0.29, 0.717) is 31.6 Å². The van der Waals surface area contributed by atoms with Crippen molar-refractivity contribution in [3.05, 3.63) is 0 Å². The van der Waals surface area contributed by atoms with Gasteiger partial charge in [0.05, 0.1) is 0 Å². The van der Waals surface area contributed by atoms with Gasteiger partial charge in [0.2, 0.25) is 0 Å². The summed E-state index contributed by atoms with van der Waals surface area (Å²) >= 11 is 3.96. The van der Waals surface area contributed by atoms with Gasteiger partial charge >= 0.3 is 0 Å². The summed E-state index contributed by atoms with van der Waals surface area (Å²) in [7, 11) is 0. The van der Waals surface area contributed by atoms with Crippen molar-refractivity contribution in [2.75, 3.05) is 12.3 Å². The van der Waals surface area contributed by atoms with E-state index in [9.17, 15) is 9.59 Å². The molecule has 0 aliphatic carbocycles. The number of hydrogen-bond donors (Lipinski definition) is 2. The summed E-state index contributed by atoms with van der Waals surface area (Å²) in [6.07, 6.45) is 1.37. The second-order valence-electron chi connectivity index (χ2n) is 3.10. The number of carbonyl (C=O) groups is 2. The summed E-state index contributed by atoms with van der Waals surface area (Å²) in [5.41, 5.74) is 5.34. The van der Waals surface area contributed by atoms with Gasteiger partial charge in [-0.1, -0.05) is 0 Å². The summed E-state index contributed by atoms with van der Waals surface area (Å²) in [6.45, 7) is 1.96. The van der Waals surface area contributed by atoms with Gasteiger partial charge in [-0.2, -0.15) is 12.6 Å². The van der Waals surface area contributed by atoms with Crippen LogP contribution in [0.15, 0.2) is 0 Å². The Kier molecular flexibility index (Phi) is 6.90. The maximum Gasteiger partial charge on any atom is 0.134 e. The van der Waals surface area contributed by atoms with Crippen molar-refractivity contribution in [2.24, 2.45) is 11.7 Å². The Morgan fingerprint density at radius 1 is 1.46 bits per heavy atom. The lowest BCUT2D eigenvalue weighted by Crippen LogP contribution is -2.19. The summed E-state index contributed by atoms with van der Waals surface area (Å²) in [6, 6.07) is 0. The zero-order valence-corrected chi connectivity index (χ0v) is 8.85. The summed E-state index contributed by atoms with van der Waals surface area (Å²) < 4.78 is 0. The van der Waals surface area contributed by atoms with Gasteiger partial charge in [-0.15, -0.1) is 0 Å². The molecule has 0 aliphatic rings. The molecule has 76 valence electrons. The smallest absolute Gasteiger partial charge is 0.134 e. The van der Waals surface area contributed by atoms with Gasteiger partial charge in [-0.3, -0.25) is 9.59 Å². The molecule has 0 fully saturated rings. The monoisotopic (exact) mass is 203 g/mol. The average molecular weight is 203 g/mol. The van der Waals surface area contributed by atoms with E-state index >= 15 is 0 Å². The van der Waals surface area contributed by atoms with Crippen molar-refractivity contribution in [3.8, 4) is 0 Å². The van der Waals surface area contributed by atoms with Gasteiger partial charge in [0, 0.05) is 18.8 Å². The molecular weight excluding hydrogens is 186 g/mol. The van der Waals surface area contributed by atoms with Crippen molar-refractivity contribution < 1.29 is 9.59 Å². The highest BCUT2D eigenvalue weighted by molar-refractivity contribution is 7.80. The lowest BCUT2D eigenvalue weighted by molar-refractivity contribution is -0.126. The van der Waals surface area contributed by atoms with Crippen LogP contribution in [0.1, 0.15) is 26.2 Å². The second-order valence-corrected chi connectivity index (χ2v) is 3.55. The predicted molar refractivity (Wildman–Crippen MR) is 55.9 cm³/mol. The zero-order chi connectivity index (χ0) is 10.3.